The topological polar surface area (TPSA) is 105 Å². The lowest BCUT2D eigenvalue weighted by atomic mass is 10.1. The number of aromatic carboxylic acids is 1. The maximum atomic E-state index is 13.6. The third-order valence-electron chi connectivity index (χ3n) is 2.73. The molecule has 6 nitrogen and oxygen atoms in total. The maximum Gasteiger partial charge on any atom is 0.335 e. The van der Waals surface area contributed by atoms with Crippen molar-refractivity contribution in [3.63, 3.8) is 0 Å². The molecule has 0 saturated carbocycles. The van der Waals surface area contributed by atoms with E-state index in [1.807, 2.05) is 0 Å². The summed E-state index contributed by atoms with van der Waals surface area (Å²) < 4.78 is 13.6. The van der Waals surface area contributed by atoms with E-state index in [2.05, 4.69) is 10.3 Å². The molecule has 4 N–H and O–H groups in total. The minimum Gasteiger partial charge on any atom is -0.478 e. The van der Waals surface area contributed by atoms with Crippen LogP contribution in [-0.2, 0) is 6.54 Å². The molecule has 0 aliphatic carbocycles. The lowest BCUT2D eigenvalue weighted by Gasteiger charge is -2.07. The smallest absolute Gasteiger partial charge is 0.335 e. The number of carboxylic acids is 1. The number of benzene rings is 1. The predicted octanol–water partition coefficient (Wildman–Crippen LogP) is 1.43. The van der Waals surface area contributed by atoms with Gasteiger partial charge >= 0.3 is 5.97 Å². The Bertz CT molecular complexity index is 704. The van der Waals surface area contributed by atoms with Gasteiger partial charge in [-0.1, -0.05) is 0 Å². The fourth-order valence-corrected chi connectivity index (χ4v) is 1.69. The molecule has 7 heteroatoms. The van der Waals surface area contributed by atoms with Gasteiger partial charge in [0.05, 0.1) is 23.4 Å². The average Bonchev–Trinajstić information content (AvgIpc) is 2.45. The molecule has 0 saturated heterocycles. The van der Waals surface area contributed by atoms with Crippen molar-refractivity contribution in [2.24, 2.45) is 0 Å². The third-order valence-corrected chi connectivity index (χ3v) is 2.73. The number of amides is 1. The van der Waals surface area contributed by atoms with Crippen molar-refractivity contribution < 1.29 is 19.1 Å². The molecule has 0 bridgehead atoms. The molecule has 0 atom stereocenters. The Morgan fingerprint density at radius 2 is 2.05 bits per heavy atom. The summed E-state index contributed by atoms with van der Waals surface area (Å²) in [5.74, 6) is -2.44. The fourth-order valence-electron chi connectivity index (χ4n) is 1.69. The second kappa shape index (κ2) is 6.00. The molecule has 0 aliphatic heterocycles. The Morgan fingerprint density at radius 1 is 1.29 bits per heavy atom. The van der Waals surface area contributed by atoms with Crippen molar-refractivity contribution in [1.29, 1.82) is 0 Å². The van der Waals surface area contributed by atoms with Crippen LogP contribution in [0.4, 0.5) is 10.1 Å². The number of rotatable bonds is 4. The summed E-state index contributed by atoms with van der Waals surface area (Å²) in [5.41, 5.74) is 5.91. The van der Waals surface area contributed by atoms with Gasteiger partial charge in [0.2, 0.25) is 0 Å². The van der Waals surface area contributed by atoms with Gasteiger partial charge in [-0.2, -0.15) is 0 Å². The van der Waals surface area contributed by atoms with E-state index in [9.17, 15) is 14.0 Å². The number of aromatic nitrogens is 1. The minimum atomic E-state index is -1.09. The van der Waals surface area contributed by atoms with Crippen molar-refractivity contribution in [2.75, 3.05) is 5.73 Å². The molecule has 0 spiro atoms. The van der Waals surface area contributed by atoms with E-state index >= 15 is 0 Å². The Balaban J connectivity index is 2.07. The van der Waals surface area contributed by atoms with Crippen molar-refractivity contribution in [3.05, 3.63) is 59.2 Å². The first-order chi connectivity index (χ1) is 9.97. The quantitative estimate of drug-likeness (QED) is 0.738. The van der Waals surface area contributed by atoms with Crippen LogP contribution in [0.1, 0.15) is 26.4 Å². The molecule has 2 aromatic rings. The summed E-state index contributed by atoms with van der Waals surface area (Å²) in [7, 11) is 0. The van der Waals surface area contributed by atoms with Crippen LogP contribution in [0.25, 0.3) is 0 Å². The van der Waals surface area contributed by atoms with Gasteiger partial charge in [0.25, 0.3) is 5.91 Å². The number of hydrogen-bond acceptors (Lipinski definition) is 4. The van der Waals surface area contributed by atoms with Crippen LogP contribution < -0.4 is 11.1 Å². The van der Waals surface area contributed by atoms with E-state index in [1.54, 1.807) is 0 Å². The summed E-state index contributed by atoms with van der Waals surface area (Å²) >= 11 is 0. The number of nitrogen functional groups attached to an aromatic ring is 1. The second-order valence-corrected chi connectivity index (χ2v) is 4.26. The number of pyridine rings is 1. The molecule has 1 amide bonds. The minimum absolute atomic E-state index is 0.0101. The summed E-state index contributed by atoms with van der Waals surface area (Å²) in [4.78, 5) is 26.6. The van der Waals surface area contributed by atoms with Gasteiger partial charge in [0.1, 0.15) is 5.82 Å². The monoisotopic (exact) mass is 289 g/mol. The van der Waals surface area contributed by atoms with Gasteiger partial charge in [0.15, 0.2) is 0 Å². The molecule has 0 unspecified atom stereocenters. The van der Waals surface area contributed by atoms with Gasteiger partial charge in [-0.05, 0) is 30.3 Å². The number of carboxylic acid groups (broad SMARTS) is 1. The lowest BCUT2D eigenvalue weighted by Crippen LogP contribution is -2.24. The molecule has 1 aromatic carbocycles. The number of hydrogen-bond donors (Lipinski definition) is 3. The SMILES string of the molecule is Nc1ccc(C(=O)NCc2cc(C(=O)O)ccn2)c(F)c1. The summed E-state index contributed by atoms with van der Waals surface area (Å²) in [6, 6.07) is 6.43. The maximum absolute atomic E-state index is 13.6. The average molecular weight is 289 g/mol. The predicted molar refractivity (Wildman–Crippen MR) is 73.2 cm³/mol. The van der Waals surface area contributed by atoms with Crippen molar-refractivity contribution in [1.82, 2.24) is 10.3 Å². The Labute approximate surface area is 119 Å². The number of halogens is 1. The zero-order valence-corrected chi connectivity index (χ0v) is 10.8. The van der Waals surface area contributed by atoms with Crippen LogP contribution in [0.5, 0.6) is 0 Å². The van der Waals surface area contributed by atoms with Crippen molar-refractivity contribution >= 4 is 17.6 Å². The number of carbonyl (C=O) groups excluding carboxylic acids is 1. The highest BCUT2D eigenvalue weighted by Gasteiger charge is 2.12. The van der Waals surface area contributed by atoms with Gasteiger partial charge in [-0.15, -0.1) is 0 Å². The van der Waals surface area contributed by atoms with Crippen LogP contribution in [0.2, 0.25) is 0 Å². The first kappa shape index (κ1) is 14.4. The highest BCUT2D eigenvalue weighted by Crippen LogP contribution is 2.12. The van der Waals surface area contributed by atoms with E-state index < -0.39 is 17.7 Å². The molecule has 1 aromatic heterocycles. The number of carbonyl (C=O) groups is 2. The van der Waals surface area contributed by atoms with E-state index in [0.29, 0.717) is 5.69 Å². The first-order valence-electron chi connectivity index (χ1n) is 5.99. The van der Waals surface area contributed by atoms with Gasteiger partial charge in [-0.3, -0.25) is 9.78 Å². The van der Waals surface area contributed by atoms with Crippen LogP contribution in [0.15, 0.2) is 36.5 Å². The zero-order valence-electron chi connectivity index (χ0n) is 10.8. The highest BCUT2D eigenvalue weighted by molar-refractivity contribution is 5.94. The highest BCUT2D eigenvalue weighted by atomic mass is 19.1. The number of nitrogens with zero attached hydrogens (tertiary/aromatic N) is 1. The molecule has 0 fully saturated rings. The number of nitrogens with one attached hydrogen (secondary N) is 1. The van der Waals surface area contributed by atoms with E-state index in [4.69, 9.17) is 10.8 Å². The molecule has 0 radical (unpaired) electrons. The van der Waals surface area contributed by atoms with Crippen molar-refractivity contribution in [2.45, 2.75) is 6.54 Å². The molecule has 0 aliphatic rings. The van der Waals surface area contributed by atoms with Crippen molar-refractivity contribution in [3.8, 4) is 0 Å². The largest absolute Gasteiger partial charge is 0.478 e. The summed E-state index contributed by atoms with van der Waals surface area (Å²) in [5, 5.41) is 11.3. The normalized spacial score (nSPS) is 10.1. The Kier molecular flexibility index (Phi) is 4.13. The number of nitrogens with two attached hydrogens (primary N) is 1. The van der Waals surface area contributed by atoms with E-state index in [0.717, 1.165) is 6.07 Å². The zero-order chi connectivity index (χ0) is 15.4. The second-order valence-electron chi connectivity index (χ2n) is 4.26. The van der Waals surface area contributed by atoms with Gasteiger partial charge in [-0.25, -0.2) is 9.18 Å². The third kappa shape index (κ3) is 3.53. The van der Waals surface area contributed by atoms with E-state index in [1.165, 1.54) is 30.5 Å². The van der Waals surface area contributed by atoms with Gasteiger partial charge in [0, 0.05) is 11.9 Å². The molecule has 108 valence electrons. The lowest BCUT2D eigenvalue weighted by molar-refractivity contribution is 0.0696. The van der Waals surface area contributed by atoms with Crippen LogP contribution in [0, 0.1) is 5.82 Å². The first-order valence-corrected chi connectivity index (χ1v) is 5.99. The Morgan fingerprint density at radius 3 is 2.71 bits per heavy atom. The standard InChI is InChI=1S/C14H12FN3O3/c15-12-6-9(16)1-2-11(12)13(19)18-7-10-5-8(14(20)21)3-4-17-10/h1-6H,7,16H2,(H,18,19)(H,20,21). The molecular formula is C14H12FN3O3. The molecule has 1 heterocycles. The summed E-state index contributed by atoms with van der Waals surface area (Å²) in [6.07, 6.45) is 1.33. The van der Waals surface area contributed by atoms with E-state index in [-0.39, 0.29) is 23.4 Å². The van der Waals surface area contributed by atoms with Crippen LogP contribution >= 0.6 is 0 Å². The number of anilines is 1. The molecule has 2 rings (SSSR count). The van der Waals surface area contributed by atoms with Crippen LogP contribution in [0.3, 0.4) is 0 Å². The Hall–Kier alpha value is -2.96. The van der Waals surface area contributed by atoms with Crippen LogP contribution in [-0.4, -0.2) is 22.0 Å². The van der Waals surface area contributed by atoms with Gasteiger partial charge < -0.3 is 16.2 Å². The molecular weight excluding hydrogens is 277 g/mol. The summed E-state index contributed by atoms with van der Waals surface area (Å²) in [6.45, 7) is -0.0101. The fraction of sp³-hybridized carbons (Fsp3) is 0.0714. The molecule has 21 heavy (non-hydrogen) atoms.